The number of ether oxygens (including phenoxy) is 1. The van der Waals surface area contributed by atoms with Gasteiger partial charge in [-0.3, -0.25) is 9.48 Å². The Morgan fingerprint density at radius 3 is 2.58 bits per heavy atom. The molecule has 0 spiro atoms. The summed E-state index contributed by atoms with van der Waals surface area (Å²) in [5.41, 5.74) is 2.10. The zero-order valence-electron chi connectivity index (χ0n) is 16.4. The van der Waals surface area contributed by atoms with Crippen LogP contribution in [0, 0.1) is 0 Å². The summed E-state index contributed by atoms with van der Waals surface area (Å²) >= 11 is 0. The Morgan fingerprint density at radius 2 is 1.96 bits per heavy atom. The van der Waals surface area contributed by atoms with Crippen molar-refractivity contribution < 1.29 is 9.53 Å². The molecule has 0 bridgehead atoms. The first kappa shape index (κ1) is 18.6. The minimum atomic E-state index is -0.215. The van der Waals surface area contributed by atoms with E-state index in [-0.39, 0.29) is 11.4 Å². The lowest BCUT2D eigenvalue weighted by atomic mass is 10.0. The van der Waals surface area contributed by atoms with Crippen molar-refractivity contribution in [2.75, 3.05) is 12.4 Å². The molecule has 2 aromatic heterocycles. The van der Waals surface area contributed by atoms with Gasteiger partial charge in [-0.15, -0.1) is 0 Å². The molecule has 0 atom stereocenters. The van der Waals surface area contributed by atoms with Gasteiger partial charge in [-0.1, -0.05) is 12.8 Å². The van der Waals surface area contributed by atoms with Gasteiger partial charge >= 0.3 is 0 Å². The van der Waals surface area contributed by atoms with Crippen LogP contribution in [-0.4, -0.2) is 32.6 Å². The molecule has 0 saturated heterocycles. The molecule has 1 aliphatic rings. The zero-order chi connectivity index (χ0) is 18.9. The number of carbonyl (C=O) groups is 1. The Kier molecular flexibility index (Phi) is 5.18. The smallest absolute Gasteiger partial charge is 0.275 e. The van der Waals surface area contributed by atoms with Gasteiger partial charge in [-0.2, -0.15) is 10.2 Å². The maximum absolute atomic E-state index is 12.8. The Morgan fingerprint density at radius 1 is 1.27 bits per heavy atom. The number of nitrogens with one attached hydrogen (secondary N) is 1. The summed E-state index contributed by atoms with van der Waals surface area (Å²) in [4.78, 5) is 12.8. The van der Waals surface area contributed by atoms with Crippen molar-refractivity contribution in [2.24, 2.45) is 7.05 Å². The van der Waals surface area contributed by atoms with Crippen LogP contribution in [-0.2, 0) is 23.9 Å². The van der Waals surface area contributed by atoms with E-state index in [1.165, 1.54) is 25.7 Å². The number of carbonyl (C=O) groups excluding carboxylic acids is 1. The Labute approximate surface area is 154 Å². The maximum Gasteiger partial charge on any atom is 0.275 e. The number of amides is 1. The van der Waals surface area contributed by atoms with Crippen molar-refractivity contribution in [2.45, 2.75) is 64.5 Å². The van der Waals surface area contributed by atoms with Crippen LogP contribution in [0.1, 0.15) is 74.2 Å². The standard InChI is InChI=1S/C19H29N5O2/c1-19(2,3)24-17(11-15(22-24)13-8-6-7-9-13)20-18(25)16-10-14(12-26-5)21-23(16)4/h10-11,13H,6-9,12H2,1-5H3,(H,20,25). The minimum absolute atomic E-state index is 0.189. The van der Waals surface area contributed by atoms with Crippen LogP contribution in [0.15, 0.2) is 12.1 Å². The van der Waals surface area contributed by atoms with Crippen LogP contribution in [0.3, 0.4) is 0 Å². The number of hydrogen-bond donors (Lipinski definition) is 1. The minimum Gasteiger partial charge on any atom is -0.378 e. The van der Waals surface area contributed by atoms with Crippen molar-refractivity contribution in [3.8, 4) is 0 Å². The predicted molar refractivity (Wildman–Crippen MR) is 100 cm³/mol. The molecule has 1 amide bonds. The summed E-state index contributed by atoms with van der Waals surface area (Å²) in [6.07, 6.45) is 4.87. The maximum atomic E-state index is 12.8. The number of anilines is 1. The van der Waals surface area contributed by atoms with Gasteiger partial charge in [0.2, 0.25) is 0 Å². The zero-order valence-corrected chi connectivity index (χ0v) is 16.4. The molecule has 7 heteroatoms. The van der Waals surface area contributed by atoms with Crippen LogP contribution in [0.25, 0.3) is 0 Å². The molecular weight excluding hydrogens is 330 g/mol. The fourth-order valence-electron chi connectivity index (χ4n) is 3.56. The first-order valence-corrected chi connectivity index (χ1v) is 9.23. The van der Waals surface area contributed by atoms with Gasteiger partial charge in [0.15, 0.2) is 0 Å². The number of hydrogen-bond acceptors (Lipinski definition) is 4. The summed E-state index contributed by atoms with van der Waals surface area (Å²) in [5, 5.41) is 12.2. The number of rotatable bonds is 5. The number of aryl methyl sites for hydroxylation is 1. The first-order valence-electron chi connectivity index (χ1n) is 9.23. The monoisotopic (exact) mass is 359 g/mol. The molecule has 142 valence electrons. The normalized spacial score (nSPS) is 15.6. The Hall–Kier alpha value is -2.15. The molecule has 0 unspecified atom stereocenters. The topological polar surface area (TPSA) is 74.0 Å². The molecule has 1 fully saturated rings. The van der Waals surface area contributed by atoms with Gasteiger partial charge in [-0.25, -0.2) is 4.68 Å². The highest BCUT2D eigenvalue weighted by molar-refractivity contribution is 6.02. The molecular formula is C19H29N5O2. The van der Waals surface area contributed by atoms with E-state index in [9.17, 15) is 4.79 Å². The van der Waals surface area contributed by atoms with Gasteiger partial charge in [0, 0.05) is 26.1 Å². The fourth-order valence-corrected chi connectivity index (χ4v) is 3.56. The van der Waals surface area contributed by atoms with E-state index in [0.29, 0.717) is 18.2 Å². The molecule has 7 nitrogen and oxygen atoms in total. The largest absolute Gasteiger partial charge is 0.378 e. The lowest BCUT2D eigenvalue weighted by Gasteiger charge is -2.22. The summed E-state index contributed by atoms with van der Waals surface area (Å²) in [5.74, 6) is 1.05. The van der Waals surface area contributed by atoms with E-state index in [4.69, 9.17) is 9.84 Å². The van der Waals surface area contributed by atoms with E-state index < -0.39 is 0 Å². The second-order valence-corrected chi connectivity index (χ2v) is 8.05. The quantitative estimate of drug-likeness (QED) is 0.887. The van der Waals surface area contributed by atoms with Gasteiger partial charge in [0.25, 0.3) is 5.91 Å². The lowest BCUT2D eigenvalue weighted by Crippen LogP contribution is -2.27. The van der Waals surface area contributed by atoms with Gasteiger partial charge in [0.05, 0.1) is 23.5 Å². The molecule has 0 aromatic carbocycles. The Bertz CT molecular complexity index is 778. The highest BCUT2D eigenvalue weighted by atomic mass is 16.5. The lowest BCUT2D eigenvalue weighted by molar-refractivity contribution is 0.101. The van der Waals surface area contributed by atoms with E-state index in [1.54, 1.807) is 24.9 Å². The number of methoxy groups -OCH3 is 1. The summed E-state index contributed by atoms with van der Waals surface area (Å²) in [6.45, 7) is 6.66. The van der Waals surface area contributed by atoms with Crippen molar-refractivity contribution in [1.29, 1.82) is 0 Å². The van der Waals surface area contributed by atoms with Crippen molar-refractivity contribution in [1.82, 2.24) is 19.6 Å². The third-order valence-corrected chi connectivity index (χ3v) is 4.83. The molecule has 3 rings (SSSR count). The van der Waals surface area contributed by atoms with E-state index >= 15 is 0 Å². The van der Waals surface area contributed by atoms with E-state index in [0.717, 1.165) is 17.2 Å². The van der Waals surface area contributed by atoms with Gasteiger partial charge in [0.1, 0.15) is 11.5 Å². The molecule has 1 N–H and O–H groups in total. The summed E-state index contributed by atoms with van der Waals surface area (Å²) < 4.78 is 8.60. The molecule has 0 aliphatic heterocycles. The van der Waals surface area contributed by atoms with Crippen LogP contribution >= 0.6 is 0 Å². The average Bonchev–Trinajstić information content (AvgIpc) is 3.25. The van der Waals surface area contributed by atoms with Gasteiger partial charge in [-0.05, 0) is 39.7 Å². The summed E-state index contributed by atoms with van der Waals surface area (Å²) in [6, 6.07) is 3.79. The highest BCUT2D eigenvalue weighted by Crippen LogP contribution is 2.35. The predicted octanol–water partition coefficient (Wildman–Crippen LogP) is 3.43. The second kappa shape index (κ2) is 7.23. The van der Waals surface area contributed by atoms with E-state index in [1.807, 2.05) is 10.7 Å². The SMILES string of the molecule is COCc1cc(C(=O)Nc2cc(C3CCCC3)nn2C(C)(C)C)n(C)n1. The van der Waals surface area contributed by atoms with Crippen LogP contribution in [0.4, 0.5) is 5.82 Å². The van der Waals surface area contributed by atoms with Crippen molar-refractivity contribution in [3.63, 3.8) is 0 Å². The molecule has 1 saturated carbocycles. The van der Waals surface area contributed by atoms with E-state index in [2.05, 4.69) is 31.2 Å². The Balaban J connectivity index is 1.87. The molecule has 1 aliphatic carbocycles. The number of nitrogens with zero attached hydrogens (tertiary/aromatic N) is 4. The third-order valence-electron chi connectivity index (χ3n) is 4.83. The third kappa shape index (κ3) is 3.82. The highest BCUT2D eigenvalue weighted by Gasteiger charge is 2.26. The van der Waals surface area contributed by atoms with Crippen molar-refractivity contribution >= 4 is 11.7 Å². The molecule has 2 heterocycles. The van der Waals surface area contributed by atoms with Crippen LogP contribution in [0.5, 0.6) is 0 Å². The van der Waals surface area contributed by atoms with Crippen molar-refractivity contribution in [3.05, 3.63) is 29.2 Å². The number of aromatic nitrogens is 4. The fraction of sp³-hybridized carbons (Fsp3) is 0.632. The molecule has 26 heavy (non-hydrogen) atoms. The van der Waals surface area contributed by atoms with Gasteiger partial charge < -0.3 is 10.1 Å². The van der Waals surface area contributed by atoms with Crippen LogP contribution < -0.4 is 5.32 Å². The first-order chi connectivity index (χ1) is 12.3. The van der Waals surface area contributed by atoms with Crippen LogP contribution in [0.2, 0.25) is 0 Å². The molecule has 0 radical (unpaired) electrons. The average molecular weight is 359 g/mol. The molecule has 2 aromatic rings. The second-order valence-electron chi connectivity index (χ2n) is 8.05. The summed E-state index contributed by atoms with van der Waals surface area (Å²) in [7, 11) is 3.37.